The molecule has 0 aromatic heterocycles. The van der Waals surface area contributed by atoms with E-state index in [0.717, 1.165) is 57.1 Å². The number of rotatable bonds is 2. The summed E-state index contributed by atoms with van der Waals surface area (Å²) in [6, 6.07) is 3.52. The smallest absolute Gasteiger partial charge is 0.331 e. The average molecular weight is 441 g/mol. The SMILES string of the molecule is O=C1NC(=O)[C@]2(Cc3cc([N+](=O)[O-])ccc3N3CCCCC[C@@H]32)C(=O)N1C1CCCCC1. The van der Waals surface area contributed by atoms with Crippen molar-refractivity contribution in [3.63, 3.8) is 0 Å². The molecule has 1 aromatic rings. The molecule has 3 aliphatic heterocycles. The number of amides is 4. The van der Waals surface area contributed by atoms with E-state index in [9.17, 15) is 24.5 Å². The zero-order valence-corrected chi connectivity index (χ0v) is 18.0. The number of hydrogen-bond acceptors (Lipinski definition) is 6. The highest BCUT2D eigenvalue weighted by atomic mass is 16.6. The summed E-state index contributed by atoms with van der Waals surface area (Å²) in [4.78, 5) is 54.8. The Bertz CT molecular complexity index is 989. The molecule has 2 saturated heterocycles. The maximum absolute atomic E-state index is 14.1. The molecular weight excluding hydrogens is 412 g/mol. The van der Waals surface area contributed by atoms with Crippen molar-refractivity contribution in [1.29, 1.82) is 0 Å². The molecule has 4 aliphatic rings. The Morgan fingerprint density at radius 3 is 2.47 bits per heavy atom. The fraction of sp³-hybridized carbons (Fsp3) is 0.609. The molecule has 4 amide bonds. The van der Waals surface area contributed by atoms with Gasteiger partial charge in [-0.05, 0) is 37.3 Å². The summed E-state index contributed by atoms with van der Waals surface area (Å²) in [6.45, 7) is 0.676. The van der Waals surface area contributed by atoms with Crippen molar-refractivity contribution in [3.8, 4) is 0 Å². The minimum atomic E-state index is -1.45. The van der Waals surface area contributed by atoms with E-state index >= 15 is 0 Å². The fourth-order valence-electron chi connectivity index (χ4n) is 6.23. The van der Waals surface area contributed by atoms with Crippen molar-refractivity contribution in [2.24, 2.45) is 5.41 Å². The molecule has 1 aliphatic carbocycles. The predicted octanol–water partition coefficient (Wildman–Crippen LogP) is 3.30. The van der Waals surface area contributed by atoms with Crippen LogP contribution in [0.2, 0.25) is 0 Å². The number of non-ortho nitro benzene ring substituents is 1. The summed E-state index contributed by atoms with van der Waals surface area (Å²) >= 11 is 0. The highest BCUT2D eigenvalue weighted by Crippen LogP contribution is 2.48. The number of carbonyl (C=O) groups excluding carboxylic acids is 3. The molecule has 3 heterocycles. The predicted molar refractivity (Wildman–Crippen MR) is 116 cm³/mol. The van der Waals surface area contributed by atoms with Crippen molar-refractivity contribution < 1.29 is 19.3 Å². The van der Waals surface area contributed by atoms with Crippen LogP contribution in [-0.4, -0.2) is 46.3 Å². The summed E-state index contributed by atoms with van der Waals surface area (Å²) in [5.41, 5.74) is -0.0255. The van der Waals surface area contributed by atoms with Gasteiger partial charge < -0.3 is 4.90 Å². The zero-order chi connectivity index (χ0) is 22.5. The first-order valence-corrected chi connectivity index (χ1v) is 11.7. The molecule has 0 bridgehead atoms. The Morgan fingerprint density at radius 1 is 1.00 bits per heavy atom. The number of imide groups is 2. The summed E-state index contributed by atoms with van der Waals surface area (Å²) in [7, 11) is 0. The quantitative estimate of drug-likeness (QED) is 0.429. The lowest BCUT2D eigenvalue weighted by atomic mass is 9.67. The molecule has 5 rings (SSSR count). The first kappa shape index (κ1) is 20.9. The molecule has 2 atom stereocenters. The van der Waals surface area contributed by atoms with Gasteiger partial charge in [-0.15, -0.1) is 0 Å². The van der Waals surface area contributed by atoms with Gasteiger partial charge in [-0.3, -0.25) is 29.9 Å². The monoisotopic (exact) mass is 440 g/mol. The number of hydrogen-bond donors (Lipinski definition) is 1. The van der Waals surface area contributed by atoms with Crippen LogP contribution in [-0.2, 0) is 16.0 Å². The summed E-state index contributed by atoms with van der Waals surface area (Å²) in [5.74, 6) is -0.985. The fourth-order valence-corrected chi connectivity index (χ4v) is 6.23. The lowest BCUT2D eigenvalue weighted by Crippen LogP contribution is -2.73. The summed E-state index contributed by atoms with van der Waals surface area (Å²) in [6.07, 6.45) is 8.03. The number of benzene rings is 1. The van der Waals surface area contributed by atoms with E-state index in [2.05, 4.69) is 10.2 Å². The standard InChI is InChI=1S/C23H28N4O5/c28-20-23(21(29)26(22(30)24-20)16-7-3-1-4-8-16)14-15-13-17(27(31)32)10-11-18(15)25-12-6-2-5-9-19(23)25/h10-11,13,16,19H,1-9,12,14H2,(H,24,28,30)/t19-,23-/m1/s1. The van der Waals surface area contributed by atoms with Crippen LogP contribution in [0.25, 0.3) is 0 Å². The number of nitrogens with one attached hydrogen (secondary N) is 1. The third-order valence-corrected chi connectivity index (χ3v) is 7.76. The Kier molecular flexibility index (Phi) is 5.14. The molecule has 9 nitrogen and oxygen atoms in total. The molecule has 0 radical (unpaired) electrons. The van der Waals surface area contributed by atoms with Crippen LogP contribution in [0.1, 0.15) is 63.4 Å². The number of barbiturate groups is 1. The first-order chi connectivity index (χ1) is 15.4. The van der Waals surface area contributed by atoms with Gasteiger partial charge in [0, 0.05) is 36.8 Å². The van der Waals surface area contributed by atoms with Gasteiger partial charge >= 0.3 is 6.03 Å². The second kappa shape index (κ2) is 7.86. The Morgan fingerprint density at radius 2 is 1.72 bits per heavy atom. The van der Waals surface area contributed by atoms with E-state index in [4.69, 9.17) is 0 Å². The van der Waals surface area contributed by atoms with E-state index in [1.807, 2.05) is 0 Å². The minimum Gasteiger partial charge on any atom is -0.367 e. The Balaban J connectivity index is 1.63. The Hall–Kier alpha value is -2.97. The topological polar surface area (TPSA) is 113 Å². The van der Waals surface area contributed by atoms with Crippen LogP contribution in [0, 0.1) is 15.5 Å². The van der Waals surface area contributed by atoms with Gasteiger partial charge in [0.25, 0.3) is 5.69 Å². The summed E-state index contributed by atoms with van der Waals surface area (Å²) < 4.78 is 0. The van der Waals surface area contributed by atoms with Gasteiger partial charge in [0.2, 0.25) is 11.8 Å². The highest BCUT2D eigenvalue weighted by Gasteiger charge is 2.62. The number of carbonyl (C=O) groups is 3. The average Bonchev–Trinajstić information content (AvgIpc) is 3.04. The van der Waals surface area contributed by atoms with E-state index in [1.165, 1.54) is 17.0 Å². The van der Waals surface area contributed by atoms with Gasteiger partial charge in [0.15, 0.2) is 5.41 Å². The maximum atomic E-state index is 14.1. The third-order valence-electron chi connectivity index (χ3n) is 7.76. The number of anilines is 1. The largest absolute Gasteiger partial charge is 0.367 e. The van der Waals surface area contributed by atoms with Crippen LogP contribution in [0.15, 0.2) is 18.2 Å². The van der Waals surface area contributed by atoms with Crippen LogP contribution in [0.4, 0.5) is 16.2 Å². The molecule has 9 heteroatoms. The molecule has 3 fully saturated rings. The molecule has 1 spiro atoms. The van der Waals surface area contributed by atoms with Crippen molar-refractivity contribution in [1.82, 2.24) is 10.2 Å². The molecule has 1 saturated carbocycles. The zero-order valence-electron chi connectivity index (χ0n) is 18.0. The van der Waals surface area contributed by atoms with Crippen molar-refractivity contribution >= 4 is 29.2 Å². The van der Waals surface area contributed by atoms with Crippen molar-refractivity contribution in [2.45, 2.75) is 76.3 Å². The number of nitro groups is 1. The lowest BCUT2D eigenvalue weighted by molar-refractivity contribution is -0.384. The van der Waals surface area contributed by atoms with E-state index in [1.54, 1.807) is 6.07 Å². The normalized spacial score (nSPS) is 28.8. The number of nitrogens with zero attached hydrogens (tertiary/aromatic N) is 3. The highest BCUT2D eigenvalue weighted by molar-refractivity contribution is 6.20. The van der Waals surface area contributed by atoms with Gasteiger partial charge in [-0.25, -0.2) is 4.79 Å². The maximum Gasteiger partial charge on any atom is 0.331 e. The molecule has 0 unspecified atom stereocenters. The number of urea groups is 1. The van der Waals surface area contributed by atoms with Crippen LogP contribution >= 0.6 is 0 Å². The van der Waals surface area contributed by atoms with Crippen molar-refractivity contribution in [2.75, 3.05) is 11.4 Å². The van der Waals surface area contributed by atoms with E-state index in [-0.39, 0.29) is 24.2 Å². The molecule has 32 heavy (non-hydrogen) atoms. The van der Waals surface area contributed by atoms with Crippen molar-refractivity contribution in [3.05, 3.63) is 33.9 Å². The van der Waals surface area contributed by atoms with Gasteiger partial charge in [0.05, 0.1) is 11.0 Å². The van der Waals surface area contributed by atoms with E-state index in [0.29, 0.717) is 18.5 Å². The van der Waals surface area contributed by atoms with Crippen LogP contribution < -0.4 is 10.2 Å². The molecular formula is C23H28N4O5. The second-order valence-electron chi connectivity index (χ2n) is 9.50. The number of fused-ring (bicyclic) bond motifs is 4. The lowest BCUT2D eigenvalue weighted by Gasteiger charge is -2.52. The van der Waals surface area contributed by atoms with Crippen LogP contribution in [0.5, 0.6) is 0 Å². The number of nitro benzene ring substituents is 1. The summed E-state index contributed by atoms with van der Waals surface area (Å²) in [5, 5.41) is 13.9. The molecule has 1 N–H and O–H groups in total. The second-order valence-corrected chi connectivity index (χ2v) is 9.50. The van der Waals surface area contributed by atoms with Gasteiger partial charge in [-0.1, -0.05) is 32.1 Å². The van der Waals surface area contributed by atoms with Gasteiger partial charge in [-0.2, -0.15) is 0 Å². The third kappa shape index (κ3) is 3.09. The minimum absolute atomic E-state index is 0.0592. The van der Waals surface area contributed by atoms with E-state index < -0.39 is 28.2 Å². The molecule has 170 valence electrons. The molecule has 1 aromatic carbocycles. The Labute approximate surface area is 186 Å². The first-order valence-electron chi connectivity index (χ1n) is 11.7. The van der Waals surface area contributed by atoms with Gasteiger partial charge in [0.1, 0.15) is 0 Å². The van der Waals surface area contributed by atoms with Crippen LogP contribution in [0.3, 0.4) is 0 Å².